The van der Waals surface area contributed by atoms with E-state index in [1.807, 2.05) is 37.3 Å². The van der Waals surface area contributed by atoms with Crippen LogP contribution in [0, 0.1) is 5.41 Å². The van der Waals surface area contributed by atoms with E-state index in [2.05, 4.69) is 6.58 Å². The first kappa shape index (κ1) is 19.6. The minimum atomic E-state index is -0.810. The molecule has 1 aliphatic heterocycles. The van der Waals surface area contributed by atoms with Crippen LogP contribution in [-0.2, 0) is 25.6 Å². The van der Waals surface area contributed by atoms with Crippen molar-refractivity contribution >= 4 is 12.1 Å². The number of allylic oxidation sites excluding steroid dienone is 1. The van der Waals surface area contributed by atoms with Crippen LogP contribution in [0.15, 0.2) is 54.8 Å². The zero-order valence-corrected chi connectivity index (χ0v) is 15.4. The molecule has 26 heavy (non-hydrogen) atoms. The van der Waals surface area contributed by atoms with Gasteiger partial charge in [-0.3, -0.25) is 4.90 Å². The molecule has 0 N–H and O–H groups in total. The van der Waals surface area contributed by atoms with Gasteiger partial charge >= 0.3 is 12.1 Å². The van der Waals surface area contributed by atoms with Gasteiger partial charge in [0, 0.05) is 12.0 Å². The van der Waals surface area contributed by atoms with Gasteiger partial charge in [-0.25, -0.2) is 9.59 Å². The summed E-state index contributed by atoms with van der Waals surface area (Å²) in [6.45, 7) is 6.03. The summed E-state index contributed by atoms with van der Waals surface area (Å²) >= 11 is 0. The summed E-state index contributed by atoms with van der Waals surface area (Å²) in [5.74, 6) is -0.495. The fourth-order valence-electron chi connectivity index (χ4n) is 3.30. The first-order chi connectivity index (χ1) is 12.5. The number of methoxy groups -OCH3 is 2. The first-order valence-corrected chi connectivity index (χ1v) is 8.36. The Hall–Kier alpha value is -2.76. The number of nitrogens with zero attached hydrogens (tertiary/aromatic N) is 1. The zero-order chi connectivity index (χ0) is 19.2. The van der Waals surface area contributed by atoms with E-state index in [1.54, 1.807) is 12.3 Å². The normalized spacial score (nSPS) is 23.6. The standard InChI is InChI=1S/C20H25NO5/c1-5-11-20(2)16(14-24-3)12-21(17(20)18(22)25-4)19(23)26-13-15-9-7-6-8-10-15/h5-10,14,17H,1,11-13H2,2-4H3/b16-14+/t17-,20+/m1/s1. The molecule has 1 aromatic carbocycles. The second kappa shape index (κ2) is 8.56. The molecule has 0 radical (unpaired) electrons. The van der Waals surface area contributed by atoms with E-state index in [1.165, 1.54) is 19.1 Å². The molecule has 1 saturated heterocycles. The zero-order valence-electron chi connectivity index (χ0n) is 15.4. The second-order valence-electron chi connectivity index (χ2n) is 6.38. The first-order valence-electron chi connectivity index (χ1n) is 8.36. The third-order valence-corrected chi connectivity index (χ3v) is 4.68. The molecule has 6 heteroatoms. The number of hydrogen-bond acceptors (Lipinski definition) is 5. The van der Waals surface area contributed by atoms with Crippen LogP contribution in [0.5, 0.6) is 0 Å². The number of carbonyl (C=O) groups is 2. The monoisotopic (exact) mass is 359 g/mol. The quantitative estimate of drug-likeness (QED) is 0.443. The lowest BCUT2D eigenvalue weighted by Gasteiger charge is -2.32. The highest BCUT2D eigenvalue weighted by Crippen LogP contribution is 2.45. The van der Waals surface area contributed by atoms with Crippen molar-refractivity contribution in [2.75, 3.05) is 20.8 Å². The van der Waals surface area contributed by atoms with E-state index in [-0.39, 0.29) is 13.2 Å². The lowest BCUT2D eigenvalue weighted by molar-refractivity contribution is -0.148. The highest BCUT2D eigenvalue weighted by atomic mass is 16.6. The Morgan fingerprint density at radius 1 is 1.31 bits per heavy atom. The summed E-state index contributed by atoms with van der Waals surface area (Å²) in [4.78, 5) is 26.6. The van der Waals surface area contributed by atoms with Gasteiger partial charge in [0.05, 0.1) is 20.5 Å². The molecule has 0 saturated carbocycles. The Labute approximate surface area is 154 Å². The maximum atomic E-state index is 12.7. The largest absolute Gasteiger partial charge is 0.504 e. The number of carbonyl (C=O) groups excluding carboxylic acids is 2. The predicted octanol–water partition coefficient (Wildman–Crippen LogP) is 3.29. The van der Waals surface area contributed by atoms with Crippen LogP contribution in [0.25, 0.3) is 0 Å². The van der Waals surface area contributed by atoms with Crippen LogP contribution in [0.1, 0.15) is 18.9 Å². The maximum absolute atomic E-state index is 12.7. The van der Waals surface area contributed by atoms with Crippen molar-refractivity contribution in [3.05, 3.63) is 60.4 Å². The maximum Gasteiger partial charge on any atom is 0.411 e. The van der Waals surface area contributed by atoms with Gasteiger partial charge in [-0.05, 0) is 17.6 Å². The number of amides is 1. The molecule has 0 bridgehead atoms. The molecule has 0 aliphatic carbocycles. The van der Waals surface area contributed by atoms with E-state index in [0.717, 1.165) is 11.1 Å². The number of ether oxygens (including phenoxy) is 3. The minimum Gasteiger partial charge on any atom is -0.504 e. The van der Waals surface area contributed by atoms with Gasteiger partial charge in [-0.1, -0.05) is 43.3 Å². The Balaban J connectivity index is 2.26. The molecule has 1 amide bonds. The van der Waals surface area contributed by atoms with Crippen molar-refractivity contribution in [2.45, 2.75) is 26.0 Å². The van der Waals surface area contributed by atoms with Gasteiger partial charge in [-0.15, -0.1) is 6.58 Å². The lowest BCUT2D eigenvalue weighted by atomic mass is 9.76. The fourth-order valence-corrected chi connectivity index (χ4v) is 3.30. The van der Waals surface area contributed by atoms with E-state index in [0.29, 0.717) is 6.42 Å². The van der Waals surface area contributed by atoms with E-state index in [4.69, 9.17) is 14.2 Å². The summed E-state index contributed by atoms with van der Waals surface area (Å²) in [5, 5.41) is 0. The molecule has 1 fully saturated rings. The number of hydrogen-bond donors (Lipinski definition) is 0. The van der Waals surface area contributed by atoms with E-state index in [9.17, 15) is 9.59 Å². The van der Waals surface area contributed by atoms with Crippen molar-refractivity contribution in [3.63, 3.8) is 0 Å². The highest BCUT2D eigenvalue weighted by molar-refractivity contribution is 5.84. The second-order valence-corrected chi connectivity index (χ2v) is 6.38. The molecular weight excluding hydrogens is 334 g/mol. The lowest BCUT2D eigenvalue weighted by Crippen LogP contribution is -2.47. The van der Waals surface area contributed by atoms with Crippen LogP contribution in [-0.4, -0.2) is 43.8 Å². The van der Waals surface area contributed by atoms with Gasteiger partial charge in [0.15, 0.2) is 0 Å². The summed E-state index contributed by atoms with van der Waals surface area (Å²) in [6, 6.07) is 8.56. The molecule has 0 spiro atoms. The minimum absolute atomic E-state index is 0.131. The fraction of sp³-hybridized carbons (Fsp3) is 0.400. The van der Waals surface area contributed by atoms with Gasteiger partial charge in [0.25, 0.3) is 0 Å². The van der Waals surface area contributed by atoms with Crippen molar-refractivity contribution < 1.29 is 23.8 Å². The molecule has 2 atom stereocenters. The smallest absolute Gasteiger partial charge is 0.411 e. The van der Waals surface area contributed by atoms with Crippen LogP contribution < -0.4 is 0 Å². The molecule has 1 heterocycles. The van der Waals surface area contributed by atoms with Crippen molar-refractivity contribution in [2.24, 2.45) is 5.41 Å². The third-order valence-electron chi connectivity index (χ3n) is 4.68. The van der Waals surface area contributed by atoms with Gasteiger partial charge in [-0.2, -0.15) is 0 Å². The molecule has 0 aromatic heterocycles. The van der Waals surface area contributed by atoms with Gasteiger partial charge in [0.2, 0.25) is 0 Å². The van der Waals surface area contributed by atoms with E-state index < -0.39 is 23.5 Å². The summed E-state index contributed by atoms with van der Waals surface area (Å²) in [6.07, 6.45) is 3.21. The third kappa shape index (κ3) is 3.90. The number of esters is 1. The number of benzene rings is 1. The van der Waals surface area contributed by atoms with Crippen LogP contribution in [0.2, 0.25) is 0 Å². The molecule has 1 aliphatic rings. The molecular formula is C20H25NO5. The highest BCUT2D eigenvalue weighted by Gasteiger charge is 2.54. The topological polar surface area (TPSA) is 65.1 Å². The molecule has 1 aromatic rings. The molecule has 6 nitrogen and oxygen atoms in total. The molecule has 0 unspecified atom stereocenters. The van der Waals surface area contributed by atoms with Gasteiger partial charge in [0.1, 0.15) is 12.6 Å². The SMILES string of the molecule is C=CC[C@@]1(C)/C(=C/OC)CN(C(=O)OCc2ccccc2)[C@@H]1C(=O)OC. The molecule has 2 rings (SSSR count). The predicted molar refractivity (Wildman–Crippen MR) is 97.2 cm³/mol. The Kier molecular flexibility index (Phi) is 6.44. The van der Waals surface area contributed by atoms with Gasteiger partial charge < -0.3 is 14.2 Å². The van der Waals surface area contributed by atoms with Crippen LogP contribution >= 0.6 is 0 Å². The summed E-state index contributed by atoms with van der Waals surface area (Å²) in [7, 11) is 2.84. The summed E-state index contributed by atoms with van der Waals surface area (Å²) in [5.41, 5.74) is 1.01. The average Bonchev–Trinajstić information content (AvgIpc) is 2.93. The number of likely N-dealkylation sites (tertiary alicyclic amines) is 1. The van der Waals surface area contributed by atoms with E-state index >= 15 is 0 Å². The van der Waals surface area contributed by atoms with Crippen LogP contribution in [0.4, 0.5) is 4.79 Å². The number of rotatable bonds is 6. The Morgan fingerprint density at radius 2 is 2.00 bits per heavy atom. The van der Waals surface area contributed by atoms with Crippen LogP contribution in [0.3, 0.4) is 0 Å². The van der Waals surface area contributed by atoms with Crippen molar-refractivity contribution in [1.29, 1.82) is 0 Å². The molecule has 140 valence electrons. The van der Waals surface area contributed by atoms with Crippen molar-refractivity contribution in [3.8, 4) is 0 Å². The summed E-state index contributed by atoms with van der Waals surface area (Å²) < 4.78 is 15.5. The van der Waals surface area contributed by atoms with Crippen molar-refractivity contribution in [1.82, 2.24) is 4.90 Å². The Bertz CT molecular complexity index is 685. The average molecular weight is 359 g/mol. The Morgan fingerprint density at radius 3 is 2.58 bits per heavy atom.